The van der Waals surface area contributed by atoms with E-state index in [9.17, 15) is 17.2 Å². The van der Waals surface area contributed by atoms with Crippen molar-refractivity contribution in [2.75, 3.05) is 12.3 Å². The van der Waals surface area contributed by atoms with Crippen molar-refractivity contribution in [2.24, 2.45) is 5.92 Å². The summed E-state index contributed by atoms with van der Waals surface area (Å²) in [6.45, 7) is 3.64. The molecule has 3 nitrogen and oxygen atoms in total. The monoisotopic (exact) mass is 289 g/mol. The summed E-state index contributed by atoms with van der Waals surface area (Å²) < 4.78 is 52.2. The van der Waals surface area contributed by atoms with Crippen molar-refractivity contribution in [3.63, 3.8) is 0 Å². The normalized spacial score (nSPS) is 26.4. The number of sulfonamides is 1. The van der Waals surface area contributed by atoms with Gasteiger partial charge in [0.2, 0.25) is 10.0 Å². The fourth-order valence-corrected chi connectivity index (χ4v) is 3.12. The average Bonchev–Trinajstić information content (AvgIpc) is 2.99. The summed E-state index contributed by atoms with van der Waals surface area (Å²) in [5.74, 6) is -1.07. The topological polar surface area (TPSA) is 46.2 Å². The maximum Gasteiger partial charge on any atom is 0.211 e. The van der Waals surface area contributed by atoms with Gasteiger partial charge in [-0.25, -0.2) is 21.9 Å². The highest BCUT2D eigenvalue weighted by Gasteiger charge is 2.53. The van der Waals surface area contributed by atoms with Crippen LogP contribution in [0.15, 0.2) is 18.2 Å². The number of hydrogen-bond acceptors (Lipinski definition) is 2. The standard InChI is InChI=1S/C13H17F2NO2S/c1-3-19(17,18)16-8-13(7-9(13)2)11-5-4-10(14)6-12(11)15/h4-6,9,16H,3,7-8H2,1-2H3. The van der Waals surface area contributed by atoms with Crippen LogP contribution < -0.4 is 4.72 Å². The molecule has 0 bridgehead atoms. The molecule has 1 fully saturated rings. The zero-order chi connectivity index (χ0) is 14.3. The molecular weight excluding hydrogens is 272 g/mol. The lowest BCUT2D eigenvalue weighted by Crippen LogP contribution is -2.34. The molecule has 6 heteroatoms. The molecule has 2 unspecified atom stereocenters. The Morgan fingerprint density at radius 2 is 2.05 bits per heavy atom. The van der Waals surface area contributed by atoms with Crippen LogP contribution in [0.3, 0.4) is 0 Å². The SMILES string of the molecule is CCS(=O)(=O)NCC1(c2ccc(F)cc2F)CC1C. The van der Waals surface area contributed by atoms with Gasteiger partial charge in [0.05, 0.1) is 5.75 Å². The van der Waals surface area contributed by atoms with Gasteiger partial charge in [0.25, 0.3) is 0 Å². The van der Waals surface area contributed by atoms with Crippen molar-refractivity contribution < 1.29 is 17.2 Å². The zero-order valence-corrected chi connectivity index (χ0v) is 11.7. The predicted molar refractivity (Wildman–Crippen MR) is 69.3 cm³/mol. The average molecular weight is 289 g/mol. The molecule has 1 saturated carbocycles. The van der Waals surface area contributed by atoms with Crippen LogP contribution in [0.5, 0.6) is 0 Å². The number of halogens is 2. The maximum atomic E-state index is 13.8. The second-order valence-corrected chi connectivity index (χ2v) is 7.21. The fraction of sp³-hybridized carbons (Fsp3) is 0.538. The van der Waals surface area contributed by atoms with E-state index >= 15 is 0 Å². The van der Waals surface area contributed by atoms with Crippen molar-refractivity contribution in [1.29, 1.82) is 0 Å². The van der Waals surface area contributed by atoms with Crippen LogP contribution >= 0.6 is 0 Å². The number of rotatable bonds is 5. The van der Waals surface area contributed by atoms with Crippen LogP contribution in [0, 0.1) is 17.6 Å². The van der Waals surface area contributed by atoms with E-state index in [4.69, 9.17) is 0 Å². The molecule has 1 aromatic carbocycles. The van der Waals surface area contributed by atoms with Crippen molar-refractivity contribution >= 4 is 10.0 Å². The Hall–Kier alpha value is -1.01. The highest BCUT2D eigenvalue weighted by atomic mass is 32.2. The lowest BCUT2D eigenvalue weighted by atomic mass is 9.93. The number of nitrogens with one attached hydrogen (secondary N) is 1. The Kier molecular flexibility index (Phi) is 3.66. The van der Waals surface area contributed by atoms with Gasteiger partial charge in [0.15, 0.2) is 0 Å². The van der Waals surface area contributed by atoms with E-state index in [0.29, 0.717) is 12.0 Å². The molecule has 2 atom stereocenters. The van der Waals surface area contributed by atoms with Gasteiger partial charge in [-0.05, 0) is 30.9 Å². The van der Waals surface area contributed by atoms with E-state index in [1.54, 1.807) is 6.92 Å². The summed E-state index contributed by atoms with van der Waals surface area (Å²) in [6, 6.07) is 3.46. The lowest BCUT2D eigenvalue weighted by Gasteiger charge is -2.18. The maximum absolute atomic E-state index is 13.8. The first-order chi connectivity index (χ1) is 8.81. The number of hydrogen-bond donors (Lipinski definition) is 1. The van der Waals surface area contributed by atoms with Crippen LogP contribution in [0.1, 0.15) is 25.8 Å². The van der Waals surface area contributed by atoms with Crippen LogP contribution in [-0.2, 0) is 15.4 Å². The quantitative estimate of drug-likeness (QED) is 0.903. The van der Waals surface area contributed by atoms with Crippen molar-refractivity contribution in [2.45, 2.75) is 25.7 Å². The highest BCUT2D eigenvalue weighted by molar-refractivity contribution is 7.89. The fourth-order valence-electron chi connectivity index (χ4n) is 2.44. The Labute approximate surface area is 112 Å². The molecule has 0 aliphatic heterocycles. The second kappa shape index (κ2) is 4.83. The highest BCUT2D eigenvalue weighted by Crippen LogP contribution is 2.54. The minimum absolute atomic E-state index is 0.0106. The first-order valence-electron chi connectivity index (χ1n) is 6.23. The first-order valence-corrected chi connectivity index (χ1v) is 7.89. The molecule has 0 radical (unpaired) electrons. The van der Waals surface area contributed by atoms with E-state index in [-0.39, 0.29) is 18.2 Å². The van der Waals surface area contributed by atoms with Crippen LogP contribution in [0.25, 0.3) is 0 Å². The Morgan fingerprint density at radius 1 is 1.42 bits per heavy atom. The molecule has 1 aliphatic rings. The van der Waals surface area contributed by atoms with Gasteiger partial charge in [0, 0.05) is 18.0 Å². The second-order valence-electron chi connectivity index (χ2n) is 5.11. The van der Waals surface area contributed by atoms with E-state index in [0.717, 1.165) is 6.07 Å². The summed E-state index contributed by atoms with van der Waals surface area (Å²) >= 11 is 0. The summed E-state index contributed by atoms with van der Waals surface area (Å²) in [4.78, 5) is 0. The van der Waals surface area contributed by atoms with E-state index in [1.165, 1.54) is 12.1 Å². The third-order valence-corrected chi connectivity index (χ3v) is 5.25. The van der Waals surface area contributed by atoms with Crippen molar-refractivity contribution in [3.8, 4) is 0 Å². The minimum Gasteiger partial charge on any atom is -0.214 e. The summed E-state index contributed by atoms with van der Waals surface area (Å²) in [7, 11) is -3.31. The van der Waals surface area contributed by atoms with Gasteiger partial charge in [-0.2, -0.15) is 0 Å². The lowest BCUT2D eigenvalue weighted by molar-refractivity contribution is 0.518. The summed E-state index contributed by atoms with van der Waals surface area (Å²) in [5, 5.41) is 0. The molecule has 2 rings (SSSR count). The third-order valence-electron chi connectivity index (χ3n) is 3.91. The Morgan fingerprint density at radius 3 is 2.53 bits per heavy atom. The predicted octanol–water partition coefficient (Wildman–Crippen LogP) is 2.18. The molecule has 19 heavy (non-hydrogen) atoms. The Bertz CT molecular complexity index is 588. The molecule has 0 amide bonds. The van der Waals surface area contributed by atoms with Gasteiger partial charge in [-0.1, -0.05) is 13.0 Å². The molecule has 106 valence electrons. The van der Waals surface area contributed by atoms with Gasteiger partial charge in [-0.15, -0.1) is 0 Å². The van der Waals surface area contributed by atoms with E-state index in [1.807, 2.05) is 6.92 Å². The van der Waals surface area contributed by atoms with Crippen molar-refractivity contribution in [1.82, 2.24) is 4.72 Å². The Balaban J connectivity index is 2.24. The van der Waals surface area contributed by atoms with Gasteiger partial charge in [0.1, 0.15) is 11.6 Å². The van der Waals surface area contributed by atoms with Gasteiger partial charge in [-0.3, -0.25) is 0 Å². The van der Waals surface area contributed by atoms with E-state index in [2.05, 4.69) is 4.72 Å². The largest absolute Gasteiger partial charge is 0.214 e. The van der Waals surface area contributed by atoms with Crippen molar-refractivity contribution in [3.05, 3.63) is 35.4 Å². The molecule has 0 saturated heterocycles. The molecule has 0 heterocycles. The van der Waals surface area contributed by atoms with Crippen LogP contribution in [-0.4, -0.2) is 20.7 Å². The molecule has 1 aliphatic carbocycles. The van der Waals surface area contributed by atoms with Crippen LogP contribution in [0.4, 0.5) is 8.78 Å². The minimum atomic E-state index is -3.31. The first kappa shape index (κ1) is 14.4. The zero-order valence-electron chi connectivity index (χ0n) is 10.9. The van der Waals surface area contributed by atoms with Crippen LogP contribution in [0.2, 0.25) is 0 Å². The smallest absolute Gasteiger partial charge is 0.211 e. The third kappa shape index (κ3) is 2.79. The molecule has 1 aromatic rings. The van der Waals surface area contributed by atoms with Gasteiger partial charge < -0.3 is 0 Å². The molecular formula is C13H17F2NO2S. The number of benzene rings is 1. The summed E-state index contributed by atoms with van der Waals surface area (Å²) in [6.07, 6.45) is 0.696. The summed E-state index contributed by atoms with van der Waals surface area (Å²) in [5.41, 5.74) is -0.153. The van der Waals surface area contributed by atoms with E-state index < -0.39 is 27.1 Å². The van der Waals surface area contributed by atoms with Gasteiger partial charge >= 0.3 is 0 Å². The molecule has 0 aromatic heterocycles. The molecule has 0 spiro atoms. The molecule has 1 N–H and O–H groups in total.